The summed E-state index contributed by atoms with van der Waals surface area (Å²) in [7, 11) is 0. The molecule has 0 fully saturated rings. The van der Waals surface area contributed by atoms with Gasteiger partial charge in [-0.2, -0.15) is 0 Å². The first-order chi connectivity index (χ1) is 13.2. The molecule has 0 saturated heterocycles. The van der Waals surface area contributed by atoms with Crippen LogP contribution in [0, 0.1) is 6.92 Å². The molecule has 1 unspecified atom stereocenters. The Hall–Kier alpha value is -2.15. The van der Waals surface area contributed by atoms with Crippen LogP contribution in [0.1, 0.15) is 30.4 Å². The average Bonchev–Trinajstić information content (AvgIpc) is 3.32. The molecule has 1 atom stereocenters. The van der Waals surface area contributed by atoms with Crippen molar-refractivity contribution >= 4 is 11.3 Å². The van der Waals surface area contributed by atoms with Crippen molar-refractivity contribution in [1.29, 1.82) is 0 Å². The maximum atomic E-state index is 9.61. The number of hydrogen-bond donors (Lipinski definition) is 1. The van der Waals surface area contributed by atoms with Crippen molar-refractivity contribution in [2.24, 2.45) is 0 Å². The summed E-state index contributed by atoms with van der Waals surface area (Å²) < 4.78 is 16.7. The molecule has 2 aromatic heterocycles. The molecule has 3 rings (SSSR count). The van der Waals surface area contributed by atoms with Gasteiger partial charge in [0.05, 0.1) is 17.2 Å². The third-order valence-corrected chi connectivity index (χ3v) is 5.05. The lowest BCUT2D eigenvalue weighted by atomic mass is 10.1. The maximum Gasteiger partial charge on any atom is 0.236 e. The van der Waals surface area contributed by atoms with E-state index in [1.165, 1.54) is 0 Å². The zero-order chi connectivity index (χ0) is 19.1. The minimum atomic E-state index is -0.698. The topological polar surface area (TPSA) is 64.7 Å². The van der Waals surface area contributed by atoms with Crippen molar-refractivity contribution in [3.05, 3.63) is 58.8 Å². The average molecular weight is 388 g/mol. The Kier molecular flexibility index (Phi) is 7.04. The van der Waals surface area contributed by atoms with E-state index in [0.29, 0.717) is 31.9 Å². The van der Waals surface area contributed by atoms with Crippen molar-refractivity contribution in [1.82, 2.24) is 4.98 Å². The Morgan fingerprint density at radius 2 is 2.00 bits per heavy atom. The first-order valence-corrected chi connectivity index (χ1v) is 10.0. The normalized spacial score (nSPS) is 12.3. The van der Waals surface area contributed by atoms with Gasteiger partial charge in [0.25, 0.3) is 0 Å². The van der Waals surface area contributed by atoms with Gasteiger partial charge in [0.2, 0.25) is 5.89 Å². The Morgan fingerprint density at radius 1 is 1.19 bits per heavy atom. The van der Waals surface area contributed by atoms with Crippen molar-refractivity contribution in [2.75, 3.05) is 13.2 Å². The molecule has 0 bridgehead atoms. The SMILES string of the molecule is CCOC(O)CCc1ccc(OCCc2nc(-c3cccs3)oc2C)cc1. The van der Waals surface area contributed by atoms with Gasteiger partial charge in [0.15, 0.2) is 6.29 Å². The number of thiophene rings is 1. The summed E-state index contributed by atoms with van der Waals surface area (Å²) >= 11 is 1.62. The van der Waals surface area contributed by atoms with Crippen LogP contribution in [0.15, 0.2) is 46.2 Å². The molecule has 0 amide bonds. The van der Waals surface area contributed by atoms with E-state index >= 15 is 0 Å². The summed E-state index contributed by atoms with van der Waals surface area (Å²) in [6.07, 6.45) is 1.36. The molecule has 3 aromatic rings. The first-order valence-electron chi connectivity index (χ1n) is 9.17. The predicted octanol–water partition coefficient (Wildman–Crippen LogP) is 4.62. The number of benzene rings is 1. The number of aliphatic hydroxyl groups excluding tert-OH is 1. The van der Waals surface area contributed by atoms with Gasteiger partial charge in [-0.15, -0.1) is 11.3 Å². The number of nitrogens with zero attached hydrogens (tertiary/aromatic N) is 1. The number of aliphatic hydroxyl groups is 1. The van der Waals surface area contributed by atoms with E-state index in [0.717, 1.165) is 34.1 Å². The van der Waals surface area contributed by atoms with Crippen LogP contribution in [0.25, 0.3) is 10.8 Å². The lowest BCUT2D eigenvalue weighted by Crippen LogP contribution is -2.12. The fraction of sp³-hybridized carbons (Fsp3) is 0.381. The molecule has 0 aliphatic carbocycles. The summed E-state index contributed by atoms with van der Waals surface area (Å²) in [6, 6.07) is 11.9. The van der Waals surface area contributed by atoms with Crippen molar-refractivity contribution < 1.29 is 19.0 Å². The van der Waals surface area contributed by atoms with Crippen LogP contribution in [0.4, 0.5) is 0 Å². The predicted molar refractivity (Wildman–Crippen MR) is 106 cm³/mol. The van der Waals surface area contributed by atoms with Gasteiger partial charge in [0, 0.05) is 19.4 Å². The van der Waals surface area contributed by atoms with Gasteiger partial charge in [0.1, 0.15) is 11.5 Å². The second-order valence-corrected chi connectivity index (χ2v) is 7.14. The fourth-order valence-electron chi connectivity index (χ4n) is 2.75. The number of ether oxygens (including phenoxy) is 2. The zero-order valence-corrected chi connectivity index (χ0v) is 16.5. The molecule has 0 saturated carbocycles. The molecule has 1 aromatic carbocycles. The van der Waals surface area contributed by atoms with Gasteiger partial charge < -0.3 is 19.0 Å². The fourth-order valence-corrected chi connectivity index (χ4v) is 3.40. The molecular weight excluding hydrogens is 362 g/mol. The van der Waals surface area contributed by atoms with E-state index < -0.39 is 6.29 Å². The highest BCUT2D eigenvalue weighted by Gasteiger charge is 2.12. The summed E-state index contributed by atoms with van der Waals surface area (Å²) in [5.41, 5.74) is 2.08. The van der Waals surface area contributed by atoms with Gasteiger partial charge in [-0.05, 0) is 49.4 Å². The molecule has 27 heavy (non-hydrogen) atoms. The third kappa shape index (κ3) is 5.66. The van der Waals surface area contributed by atoms with E-state index in [-0.39, 0.29) is 0 Å². The smallest absolute Gasteiger partial charge is 0.236 e. The molecule has 0 radical (unpaired) electrons. The molecule has 0 spiro atoms. The van der Waals surface area contributed by atoms with Gasteiger partial charge in [-0.3, -0.25) is 0 Å². The minimum Gasteiger partial charge on any atom is -0.493 e. The molecular formula is C21H25NO4S. The first kappa shape index (κ1) is 19.6. The van der Waals surface area contributed by atoms with Crippen LogP contribution in [-0.4, -0.2) is 29.6 Å². The largest absolute Gasteiger partial charge is 0.493 e. The highest BCUT2D eigenvalue weighted by molar-refractivity contribution is 7.13. The second kappa shape index (κ2) is 9.69. The van der Waals surface area contributed by atoms with Crippen LogP contribution in [0.2, 0.25) is 0 Å². The molecule has 0 aliphatic heterocycles. The molecule has 2 heterocycles. The quantitative estimate of drug-likeness (QED) is 0.514. The van der Waals surface area contributed by atoms with Gasteiger partial charge in [-0.25, -0.2) is 4.98 Å². The highest BCUT2D eigenvalue weighted by atomic mass is 32.1. The third-order valence-electron chi connectivity index (χ3n) is 4.19. The van der Waals surface area contributed by atoms with Crippen molar-refractivity contribution in [2.45, 2.75) is 39.4 Å². The van der Waals surface area contributed by atoms with E-state index in [1.807, 2.05) is 55.6 Å². The Bertz CT molecular complexity index is 811. The number of rotatable bonds is 10. The Morgan fingerprint density at radius 3 is 2.70 bits per heavy atom. The summed E-state index contributed by atoms with van der Waals surface area (Å²) in [4.78, 5) is 5.62. The summed E-state index contributed by atoms with van der Waals surface area (Å²) in [5, 5.41) is 11.6. The lowest BCUT2D eigenvalue weighted by Gasteiger charge is -2.10. The van der Waals surface area contributed by atoms with Crippen LogP contribution >= 0.6 is 11.3 Å². The number of hydrogen-bond acceptors (Lipinski definition) is 6. The maximum absolute atomic E-state index is 9.61. The molecule has 5 nitrogen and oxygen atoms in total. The number of oxazole rings is 1. The molecule has 1 N–H and O–H groups in total. The molecule has 144 valence electrons. The van der Waals surface area contributed by atoms with Crippen LogP contribution in [0.5, 0.6) is 5.75 Å². The standard InChI is InChI=1S/C21H25NO4S/c1-3-24-20(23)11-8-16-6-9-17(10-7-16)25-13-12-18-15(2)26-21(22-18)19-5-4-14-27-19/h4-7,9-10,14,20,23H,3,8,11-13H2,1-2H3. The monoisotopic (exact) mass is 387 g/mol. The van der Waals surface area contributed by atoms with Crippen molar-refractivity contribution in [3.8, 4) is 16.5 Å². The molecule has 0 aliphatic rings. The van der Waals surface area contributed by atoms with Gasteiger partial charge in [-0.1, -0.05) is 18.2 Å². The van der Waals surface area contributed by atoms with E-state index in [9.17, 15) is 5.11 Å². The number of aryl methyl sites for hydroxylation is 2. The Balaban J connectivity index is 1.47. The van der Waals surface area contributed by atoms with Crippen LogP contribution in [-0.2, 0) is 17.6 Å². The van der Waals surface area contributed by atoms with Gasteiger partial charge >= 0.3 is 0 Å². The van der Waals surface area contributed by atoms with E-state index in [2.05, 4.69) is 4.98 Å². The van der Waals surface area contributed by atoms with Crippen molar-refractivity contribution in [3.63, 3.8) is 0 Å². The van der Waals surface area contributed by atoms with Crippen LogP contribution < -0.4 is 4.74 Å². The summed E-state index contributed by atoms with van der Waals surface area (Å²) in [5.74, 6) is 2.34. The molecule has 6 heteroatoms. The van der Waals surface area contributed by atoms with E-state index in [4.69, 9.17) is 13.9 Å². The lowest BCUT2D eigenvalue weighted by molar-refractivity contribution is -0.0980. The zero-order valence-electron chi connectivity index (χ0n) is 15.7. The highest BCUT2D eigenvalue weighted by Crippen LogP contribution is 2.26. The minimum absolute atomic E-state index is 0.522. The number of aromatic nitrogens is 1. The van der Waals surface area contributed by atoms with Crippen LogP contribution in [0.3, 0.4) is 0 Å². The second-order valence-electron chi connectivity index (χ2n) is 6.19. The Labute approximate surface area is 163 Å². The van der Waals surface area contributed by atoms with E-state index in [1.54, 1.807) is 11.3 Å². The summed E-state index contributed by atoms with van der Waals surface area (Å²) in [6.45, 7) is 4.87.